The molecule has 0 fully saturated rings. The van der Waals surface area contributed by atoms with Gasteiger partial charge < -0.3 is 9.84 Å². The summed E-state index contributed by atoms with van der Waals surface area (Å²) in [5.41, 5.74) is 4.05. The number of carbonyl (C=O) groups is 1. The van der Waals surface area contributed by atoms with Gasteiger partial charge in [-0.05, 0) is 37.1 Å². The molecule has 0 unspecified atom stereocenters. The Morgan fingerprint density at radius 3 is 2.64 bits per heavy atom. The normalized spacial score (nSPS) is 10.6. The maximum absolute atomic E-state index is 11.8. The fourth-order valence-corrected chi connectivity index (χ4v) is 2.14. The Morgan fingerprint density at radius 1 is 1.32 bits per heavy atom. The molecule has 0 spiro atoms. The Morgan fingerprint density at radius 2 is 2.00 bits per heavy atom. The Kier molecular flexibility index (Phi) is 5.67. The minimum Gasteiger partial charge on any atom is -0.502 e. The van der Waals surface area contributed by atoms with Gasteiger partial charge >= 0.3 is 5.69 Å². The number of nitrogens with zero attached hydrogens (tertiary/aromatic N) is 2. The summed E-state index contributed by atoms with van der Waals surface area (Å²) in [6.07, 6.45) is 1.24. The first-order valence-corrected chi connectivity index (χ1v) is 7.37. The predicted octanol–water partition coefficient (Wildman–Crippen LogP) is 2.45. The average Bonchev–Trinajstić information content (AvgIpc) is 2.55. The average molecular weight is 343 g/mol. The number of hydrogen-bond acceptors (Lipinski definition) is 6. The van der Waals surface area contributed by atoms with E-state index in [1.807, 2.05) is 32.0 Å². The van der Waals surface area contributed by atoms with E-state index in [-0.39, 0.29) is 6.61 Å². The van der Waals surface area contributed by atoms with Crippen LogP contribution in [0.15, 0.2) is 41.5 Å². The number of rotatable bonds is 6. The van der Waals surface area contributed by atoms with E-state index in [2.05, 4.69) is 10.5 Å². The number of aromatic hydroxyl groups is 1. The molecule has 2 aromatic carbocycles. The quantitative estimate of drug-likeness (QED) is 0.475. The van der Waals surface area contributed by atoms with Crippen LogP contribution in [0.25, 0.3) is 0 Å². The molecule has 0 aromatic heterocycles. The molecule has 0 heterocycles. The maximum Gasteiger partial charge on any atom is 0.311 e. The van der Waals surface area contributed by atoms with E-state index in [0.29, 0.717) is 11.3 Å². The van der Waals surface area contributed by atoms with Crippen LogP contribution in [0.2, 0.25) is 0 Å². The molecule has 8 heteroatoms. The van der Waals surface area contributed by atoms with Gasteiger partial charge in [0.05, 0.1) is 11.1 Å². The number of hydrazone groups is 1. The molecular formula is C17H17N3O5. The monoisotopic (exact) mass is 343 g/mol. The van der Waals surface area contributed by atoms with E-state index in [1.165, 1.54) is 18.3 Å². The zero-order valence-electron chi connectivity index (χ0n) is 13.7. The van der Waals surface area contributed by atoms with Crippen molar-refractivity contribution in [1.29, 1.82) is 0 Å². The van der Waals surface area contributed by atoms with Gasteiger partial charge in [-0.1, -0.05) is 18.2 Å². The first-order chi connectivity index (χ1) is 11.9. The van der Waals surface area contributed by atoms with Gasteiger partial charge in [-0.25, -0.2) is 5.43 Å². The Balaban J connectivity index is 1.93. The van der Waals surface area contributed by atoms with Gasteiger partial charge in [0.25, 0.3) is 5.91 Å². The summed E-state index contributed by atoms with van der Waals surface area (Å²) >= 11 is 0. The van der Waals surface area contributed by atoms with Gasteiger partial charge in [0.1, 0.15) is 5.75 Å². The van der Waals surface area contributed by atoms with Crippen molar-refractivity contribution in [3.05, 3.63) is 63.2 Å². The molecular weight excluding hydrogens is 326 g/mol. The summed E-state index contributed by atoms with van der Waals surface area (Å²) in [6.45, 7) is 3.56. The third-order valence-corrected chi connectivity index (χ3v) is 3.36. The zero-order valence-corrected chi connectivity index (χ0v) is 13.7. The Labute approximate surface area is 143 Å². The standard InChI is InChI=1S/C17H17N3O5/c1-11-4-3-5-12(2)17(11)25-10-16(22)19-18-9-13-6-7-15(21)14(8-13)20(23)24/h3-9,21H,10H2,1-2H3,(H,19,22)/b18-9+. The molecule has 0 aliphatic carbocycles. The number of nitro groups is 1. The summed E-state index contributed by atoms with van der Waals surface area (Å²) < 4.78 is 5.49. The highest BCUT2D eigenvalue weighted by Gasteiger charge is 2.12. The number of ether oxygens (including phenoxy) is 1. The van der Waals surface area contributed by atoms with Crippen LogP contribution in [-0.2, 0) is 4.79 Å². The lowest BCUT2D eigenvalue weighted by molar-refractivity contribution is -0.385. The number of hydrogen-bond donors (Lipinski definition) is 2. The second-order valence-corrected chi connectivity index (χ2v) is 5.31. The molecule has 2 N–H and O–H groups in total. The molecule has 0 radical (unpaired) electrons. The van der Waals surface area contributed by atoms with Crippen LogP contribution in [0.1, 0.15) is 16.7 Å². The lowest BCUT2D eigenvalue weighted by Gasteiger charge is -2.10. The van der Waals surface area contributed by atoms with Crippen LogP contribution >= 0.6 is 0 Å². The molecule has 2 aromatic rings. The third-order valence-electron chi connectivity index (χ3n) is 3.36. The van der Waals surface area contributed by atoms with Crippen molar-refractivity contribution in [1.82, 2.24) is 5.43 Å². The van der Waals surface area contributed by atoms with Crippen molar-refractivity contribution in [2.75, 3.05) is 6.61 Å². The highest BCUT2D eigenvalue weighted by molar-refractivity contribution is 5.84. The summed E-state index contributed by atoms with van der Waals surface area (Å²) in [5, 5.41) is 23.8. The van der Waals surface area contributed by atoms with Gasteiger partial charge in [-0.2, -0.15) is 5.10 Å². The van der Waals surface area contributed by atoms with E-state index >= 15 is 0 Å². The second-order valence-electron chi connectivity index (χ2n) is 5.31. The van der Waals surface area contributed by atoms with Crippen molar-refractivity contribution < 1.29 is 19.6 Å². The number of benzene rings is 2. The van der Waals surface area contributed by atoms with Crippen LogP contribution in [0.5, 0.6) is 11.5 Å². The van der Waals surface area contributed by atoms with E-state index in [9.17, 15) is 20.0 Å². The van der Waals surface area contributed by atoms with Crippen molar-refractivity contribution in [3.63, 3.8) is 0 Å². The molecule has 130 valence electrons. The number of carbonyl (C=O) groups excluding carboxylic acids is 1. The van der Waals surface area contributed by atoms with Crippen molar-refractivity contribution in [2.24, 2.45) is 5.10 Å². The number of aryl methyl sites for hydroxylation is 2. The number of phenols is 1. The Hall–Kier alpha value is -3.42. The second kappa shape index (κ2) is 7.91. The van der Waals surface area contributed by atoms with Crippen LogP contribution in [0.3, 0.4) is 0 Å². The highest BCUT2D eigenvalue weighted by Crippen LogP contribution is 2.25. The van der Waals surface area contributed by atoms with Gasteiger partial charge in [0.15, 0.2) is 12.4 Å². The van der Waals surface area contributed by atoms with E-state index in [0.717, 1.165) is 17.2 Å². The number of amides is 1. The molecule has 0 bridgehead atoms. The number of para-hydroxylation sites is 1. The fourth-order valence-electron chi connectivity index (χ4n) is 2.14. The number of nitro benzene ring substituents is 1. The minimum atomic E-state index is -0.705. The van der Waals surface area contributed by atoms with E-state index < -0.39 is 22.3 Å². The molecule has 8 nitrogen and oxygen atoms in total. The summed E-state index contributed by atoms with van der Waals surface area (Å²) in [4.78, 5) is 21.8. The SMILES string of the molecule is Cc1cccc(C)c1OCC(=O)N/N=C/c1ccc(O)c([N+](=O)[O-])c1. The first-order valence-electron chi connectivity index (χ1n) is 7.37. The lowest BCUT2D eigenvalue weighted by atomic mass is 10.1. The summed E-state index contributed by atoms with van der Waals surface area (Å²) in [7, 11) is 0. The van der Waals surface area contributed by atoms with Crippen LogP contribution in [0, 0.1) is 24.0 Å². The molecule has 1 amide bonds. The zero-order chi connectivity index (χ0) is 18.4. The summed E-state index contributed by atoms with van der Waals surface area (Å²) in [6, 6.07) is 9.44. The van der Waals surface area contributed by atoms with Gasteiger partial charge in [0, 0.05) is 11.6 Å². The Bertz CT molecular complexity index is 813. The maximum atomic E-state index is 11.8. The van der Waals surface area contributed by atoms with Crippen molar-refractivity contribution in [3.8, 4) is 11.5 Å². The topological polar surface area (TPSA) is 114 Å². The van der Waals surface area contributed by atoms with Gasteiger partial charge in [0.2, 0.25) is 0 Å². The molecule has 0 aliphatic rings. The van der Waals surface area contributed by atoms with Crippen LogP contribution in [-0.4, -0.2) is 28.8 Å². The third kappa shape index (κ3) is 4.77. The van der Waals surface area contributed by atoms with Crippen molar-refractivity contribution in [2.45, 2.75) is 13.8 Å². The van der Waals surface area contributed by atoms with Crippen LogP contribution in [0.4, 0.5) is 5.69 Å². The smallest absolute Gasteiger partial charge is 0.311 e. The highest BCUT2D eigenvalue weighted by atomic mass is 16.6. The lowest BCUT2D eigenvalue weighted by Crippen LogP contribution is -2.25. The fraction of sp³-hybridized carbons (Fsp3) is 0.176. The predicted molar refractivity (Wildman–Crippen MR) is 91.9 cm³/mol. The van der Waals surface area contributed by atoms with E-state index in [1.54, 1.807) is 0 Å². The first kappa shape index (κ1) is 17.9. The molecule has 0 atom stereocenters. The summed E-state index contributed by atoms with van der Waals surface area (Å²) in [5.74, 6) is -0.254. The largest absolute Gasteiger partial charge is 0.502 e. The molecule has 25 heavy (non-hydrogen) atoms. The van der Waals surface area contributed by atoms with Gasteiger partial charge in [-0.15, -0.1) is 0 Å². The number of phenolic OH excluding ortho intramolecular Hbond substituents is 1. The molecule has 0 aliphatic heterocycles. The van der Waals surface area contributed by atoms with Crippen molar-refractivity contribution >= 4 is 17.8 Å². The molecule has 2 rings (SSSR count). The molecule has 0 saturated carbocycles. The van der Waals surface area contributed by atoms with Crippen LogP contribution < -0.4 is 10.2 Å². The van der Waals surface area contributed by atoms with Gasteiger partial charge in [-0.3, -0.25) is 14.9 Å². The minimum absolute atomic E-state index is 0.210. The van der Waals surface area contributed by atoms with E-state index in [4.69, 9.17) is 4.74 Å². The number of nitrogens with one attached hydrogen (secondary N) is 1. The molecule has 0 saturated heterocycles.